The number of nitro benzene ring substituents is 1. The summed E-state index contributed by atoms with van der Waals surface area (Å²) in [6.45, 7) is 5.02. The fourth-order valence-electron chi connectivity index (χ4n) is 3.61. The highest BCUT2D eigenvalue weighted by Gasteiger charge is 2.24. The summed E-state index contributed by atoms with van der Waals surface area (Å²) in [4.78, 5) is 30.8. The van der Waals surface area contributed by atoms with Crippen molar-refractivity contribution in [2.45, 2.75) is 45.2 Å². The second-order valence-corrected chi connectivity index (χ2v) is 7.18. The maximum absolute atomic E-state index is 11.6. The van der Waals surface area contributed by atoms with Gasteiger partial charge in [0.2, 0.25) is 5.91 Å². The van der Waals surface area contributed by atoms with E-state index in [2.05, 4.69) is 10.2 Å². The molecule has 0 radical (unpaired) electrons. The summed E-state index contributed by atoms with van der Waals surface area (Å²) in [5, 5.41) is 14.4. The van der Waals surface area contributed by atoms with E-state index in [0.717, 1.165) is 37.5 Å². The molecule has 1 N–H and O–H groups in total. The van der Waals surface area contributed by atoms with Gasteiger partial charge >= 0.3 is 0 Å². The average molecular weight is 373 g/mol. The van der Waals surface area contributed by atoms with Gasteiger partial charge in [-0.1, -0.05) is 25.0 Å². The third-order valence-electron chi connectivity index (χ3n) is 5.27. The number of non-ortho nitro benzene ring substituents is 1. The Labute approximate surface area is 159 Å². The molecule has 0 spiro atoms. The van der Waals surface area contributed by atoms with E-state index < -0.39 is 4.92 Å². The van der Waals surface area contributed by atoms with Crippen LogP contribution in [0.5, 0.6) is 0 Å². The number of nitro groups is 1. The molecule has 2 aliphatic rings. The van der Waals surface area contributed by atoms with Gasteiger partial charge in [0.15, 0.2) is 5.96 Å². The molecular weight excluding hydrogens is 346 g/mol. The van der Waals surface area contributed by atoms with Crippen LogP contribution in [-0.4, -0.2) is 58.8 Å². The normalized spacial score (nSPS) is 18.6. The number of hydrogen-bond acceptors (Lipinski definition) is 4. The highest BCUT2D eigenvalue weighted by molar-refractivity contribution is 5.81. The molecule has 8 nitrogen and oxygen atoms in total. The molecule has 8 heteroatoms. The Balaban J connectivity index is 1.68. The summed E-state index contributed by atoms with van der Waals surface area (Å²) in [7, 11) is 0. The summed E-state index contributed by atoms with van der Waals surface area (Å²) < 4.78 is 0. The second kappa shape index (κ2) is 8.83. The first kappa shape index (κ1) is 19.1. The van der Waals surface area contributed by atoms with E-state index in [1.165, 1.54) is 25.0 Å². The zero-order valence-electron chi connectivity index (χ0n) is 15.8. The Morgan fingerprint density at radius 2 is 1.74 bits per heavy atom. The molecule has 1 saturated heterocycles. The predicted octanol–water partition coefficient (Wildman–Crippen LogP) is 2.15. The molecule has 2 fully saturated rings. The van der Waals surface area contributed by atoms with Crippen LogP contribution in [0.15, 0.2) is 29.3 Å². The van der Waals surface area contributed by atoms with Gasteiger partial charge < -0.3 is 15.1 Å². The molecule has 1 aromatic carbocycles. The molecule has 1 amide bonds. The standard InChI is InChI=1S/C19H27N5O3/c1-15(25)22-10-12-23(13-11-22)19(21-17-4-2-3-5-17)20-14-16-6-8-18(9-7-16)24(26)27/h6-9,17H,2-5,10-14H2,1H3,(H,20,21). The second-order valence-electron chi connectivity index (χ2n) is 7.18. The lowest BCUT2D eigenvalue weighted by Gasteiger charge is -2.37. The topological polar surface area (TPSA) is 91.1 Å². The molecule has 0 bridgehead atoms. The first-order valence-corrected chi connectivity index (χ1v) is 9.57. The van der Waals surface area contributed by atoms with Crippen molar-refractivity contribution in [3.05, 3.63) is 39.9 Å². The van der Waals surface area contributed by atoms with Crippen LogP contribution in [0.25, 0.3) is 0 Å². The van der Waals surface area contributed by atoms with Gasteiger partial charge in [0.25, 0.3) is 5.69 Å². The van der Waals surface area contributed by atoms with Crippen LogP contribution in [0.2, 0.25) is 0 Å². The minimum absolute atomic E-state index is 0.0902. The zero-order chi connectivity index (χ0) is 19.2. The molecule has 27 heavy (non-hydrogen) atoms. The Morgan fingerprint density at radius 1 is 1.15 bits per heavy atom. The van der Waals surface area contributed by atoms with Gasteiger partial charge in [0.1, 0.15) is 0 Å². The van der Waals surface area contributed by atoms with Crippen molar-refractivity contribution < 1.29 is 9.72 Å². The van der Waals surface area contributed by atoms with Crippen LogP contribution in [0.3, 0.4) is 0 Å². The largest absolute Gasteiger partial charge is 0.353 e. The lowest BCUT2D eigenvalue weighted by Crippen LogP contribution is -2.54. The third-order valence-corrected chi connectivity index (χ3v) is 5.27. The van der Waals surface area contributed by atoms with Gasteiger partial charge in [0.05, 0.1) is 11.5 Å². The molecule has 1 aromatic rings. The van der Waals surface area contributed by atoms with Crippen molar-refractivity contribution in [1.82, 2.24) is 15.1 Å². The van der Waals surface area contributed by atoms with Crippen molar-refractivity contribution in [1.29, 1.82) is 0 Å². The molecule has 0 unspecified atom stereocenters. The summed E-state index contributed by atoms with van der Waals surface area (Å²) in [6, 6.07) is 6.98. The van der Waals surface area contributed by atoms with Gasteiger partial charge in [-0.25, -0.2) is 4.99 Å². The van der Waals surface area contributed by atoms with Gasteiger partial charge in [-0.05, 0) is 18.4 Å². The number of benzene rings is 1. The lowest BCUT2D eigenvalue weighted by atomic mass is 10.2. The number of amides is 1. The molecule has 3 rings (SSSR count). The number of rotatable bonds is 4. The Morgan fingerprint density at radius 3 is 2.30 bits per heavy atom. The molecule has 1 aliphatic carbocycles. The molecule has 146 valence electrons. The van der Waals surface area contributed by atoms with Crippen molar-refractivity contribution in [2.75, 3.05) is 26.2 Å². The summed E-state index contributed by atoms with van der Waals surface area (Å²) in [5.74, 6) is 0.992. The highest BCUT2D eigenvalue weighted by atomic mass is 16.6. The van der Waals surface area contributed by atoms with Crippen LogP contribution in [0.1, 0.15) is 38.2 Å². The van der Waals surface area contributed by atoms with E-state index >= 15 is 0 Å². The summed E-state index contributed by atoms with van der Waals surface area (Å²) in [6.07, 6.45) is 4.80. The van der Waals surface area contributed by atoms with Crippen LogP contribution in [0.4, 0.5) is 5.69 Å². The number of carbonyl (C=O) groups is 1. The quantitative estimate of drug-likeness (QED) is 0.378. The number of guanidine groups is 1. The third kappa shape index (κ3) is 5.18. The Hall–Kier alpha value is -2.64. The van der Waals surface area contributed by atoms with Crippen LogP contribution < -0.4 is 5.32 Å². The number of piperazine rings is 1. The van der Waals surface area contributed by atoms with Crippen molar-refractivity contribution in [3.8, 4) is 0 Å². The first-order chi connectivity index (χ1) is 13.0. The number of carbonyl (C=O) groups excluding carboxylic acids is 1. The summed E-state index contributed by atoms with van der Waals surface area (Å²) >= 11 is 0. The molecule has 0 atom stereocenters. The van der Waals surface area contributed by atoms with Gasteiger partial charge in [-0.2, -0.15) is 0 Å². The number of aliphatic imine (C=N–C) groups is 1. The van der Waals surface area contributed by atoms with Gasteiger partial charge in [0, 0.05) is 51.3 Å². The number of nitrogens with zero attached hydrogens (tertiary/aromatic N) is 4. The smallest absolute Gasteiger partial charge is 0.269 e. The first-order valence-electron chi connectivity index (χ1n) is 9.57. The van der Waals surface area contributed by atoms with Crippen LogP contribution in [-0.2, 0) is 11.3 Å². The monoisotopic (exact) mass is 373 g/mol. The van der Waals surface area contributed by atoms with E-state index in [1.807, 2.05) is 4.90 Å². The SMILES string of the molecule is CC(=O)N1CCN(C(=NCc2ccc([N+](=O)[O-])cc2)NC2CCCC2)CC1. The average Bonchev–Trinajstić information content (AvgIpc) is 3.18. The van der Waals surface area contributed by atoms with E-state index in [1.54, 1.807) is 19.1 Å². The highest BCUT2D eigenvalue weighted by Crippen LogP contribution is 2.18. The molecule has 0 aromatic heterocycles. The van der Waals surface area contributed by atoms with Crippen molar-refractivity contribution in [3.63, 3.8) is 0 Å². The lowest BCUT2D eigenvalue weighted by molar-refractivity contribution is -0.384. The van der Waals surface area contributed by atoms with E-state index in [0.29, 0.717) is 25.7 Å². The molecule has 1 aliphatic heterocycles. The van der Waals surface area contributed by atoms with Crippen molar-refractivity contribution >= 4 is 17.6 Å². The predicted molar refractivity (Wildman–Crippen MR) is 103 cm³/mol. The fourth-order valence-corrected chi connectivity index (χ4v) is 3.61. The van der Waals surface area contributed by atoms with Gasteiger partial charge in [-0.3, -0.25) is 14.9 Å². The Kier molecular flexibility index (Phi) is 6.26. The van der Waals surface area contributed by atoms with Crippen LogP contribution >= 0.6 is 0 Å². The number of nitrogens with one attached hydrogen (secondary N) is 1. The molecule has 1 heterocycles. The number of hydrogen-bond donors (Lipinski definition) is 1. The fraction of sp³-hybridized carbons (Fsp3) is 0.579. The molecule has 1 saturated carbocycles. The van der Waals surface area contributed by atoms with E-state index in [9.17, 15) is 14.9 Å². The van der Waals surface area contributed by atoms with E-state index in [4.69, 9.17) is 4.99 Å². The zero-order valence-corrected chi connectivity index (χ0v) is 15.8. The summed E-state index contributed by atoms with van der Waals surface area (Å²) in [5.41, 5.74) is 1.03. The molecular formula is C19H27N5O3. The maximum Gasteiger partial charge on any atom is 0.269 e. The van der Waals surface area contributed by atoms with Crippen molar-refractivity contribution in [2.24, 2.45) is 4.99 Å². The van der Waals surface area contributed by atoms with Crippen LogP contribution in [0, 0.1) is 10.1 Å². The van der Waals surface area contributed by atoms with E-state index in [-0.39, 0.29) is 11.6 Å². The van der Waals surface area contributed by atoms with Gasteiger partial charge in [-0.15, -0.1) is 0 Å². The minimum Gasteiger partial charge on any atom is -0.353 e. The minimum atomic E-state index is -0.394. The maximum atomic E-state index is 11.6. The Bertz CT molecular complexity index is 690.